The first-order valence-electron chi connectivity index (χ1n) is 10.0. The number of quaternary nitrogens is 1. The lowest BCUT2D eigenvalue weighted by molar-refractivity contribution is -0.991. The summed E-state index contributed by atoms with van der Waals surface area (Å²) >= 11 is 6.06. The van der Waals surface area contributed by atoms with Gasteiger partial charge in [-0.2, -0.15) is 8.42 Å². The van der Waals surface area contributed by atoms with Crippen LogP contribution in [0, 0.1) is 0 Å². The lowest BCUT2D eigenvalue weighted by Gasteiger charge is -2.53. The van der Waals surface area contributed by atoms with Crippen LogP contribution in [0.2, 0.25) is 5.02 Å². The summed E-state index contributed by atoms with van der Waals surface area (Å²) in [4.78, 5) is 0. The summed E-state index contributed by atoms with van der Waals surface area (Å²) in [5.74, 6) is 0. The molecule has 0 bridgehead atoms. The maximum Gasteiger partial charge on any atom is 0.265 e. The normalized spacial score (nSPS) is 21.7. The van der Waals surface area contributed by atoms with E-state index in [-0.39, 0.29) is 18.8 Å². The minimum Gasteiger partial charge on any atom is -0.726 e. The van der Waals surface area contributed by atoms with E-state index in [4.69, 9.17) is 15.8 Å². The molecule has 1 atom stereocenters. The van der Waals surface area contributed by atoms with Crippen molar-refractivity contribution in [1.82, 2.24) is 0 Å². The fraction of sp³-hybridized carbons (Fsp3) is 0.429. The van der Waals surface area contributed by atoms with Gasteiger partial charge in [0, 0.05) is 16.1 Å². The van der Waals surface area contributed by atoms with E-state index in [2.05, 4.69) is 35.4 Å². The number of benzene rings is 2. The quantitative estimate of drug-likeness (QED) is 0.234. The average Bonchev–Trinajstić information content (AvgIpc) is 2.67. The maximum absolute atomic E-state index is 11.4. The van der Waals surface area contributed by atoms with Gasteiger partial charge in [0.05, 0.1) is 19.4 Å². The van der Waals surface area contributed by atoms with E-state index in [1.807, 2.05) is 30.3 Å². The molecule has 178 valence electrons. The Hall–Kier alpha value is -1.53. The molecule has 1 aliphatic rings. The van der Waals surface area contributed by atoms with Crippen molar-refractivity contribution in [2.24, 2.45) is 0 Å². The number of halogens is 1. The van der Waals surface area contributed by atoms with Crippen LogP contribution in [0.25, 0.3) is 0 Å². The van der Waals surface area contributed by atoms with Crippen molar-refractivity contribution >= 4 is 32.1 Å². The van der Waals surface area contributed by atoms with Crippen molar-refractivity contribution in [3.63, 3.8) is 0 Å². The Balaban J connectivity index is 0.000000451. The number of nitrogens with zero attached hydrogens (tertiary/aromatic N) is 1. The third-order valence-electron chi connectivity index (χ3n) is 5.19. The highest BCUT2D eigenvalue weighted by molar-refractivity contribution is 7.86. The van der Waals surface area contributed by atoms with Crippen molar-refractivity contribution in [3.05, 3.63) is 70.7 Å². The molecule has 8 nitrogen and oxygen atoms in total. The van der Waals surface area contributed by atoms with Gasteiger partial charge in [-0.3, -0.25) is 8.37 Å². The van der Waals surface area contributed by atoms with Crippen LogP contribution in [0.1, 0.15) is 31.0 Å². The molecular weight excluding hydrogens is 478 g/mol. The van der Waals surface area contributed by atoms with Crippen LogP contribution in [0.4, 0.5) is 0 Å². The molecule has 1 aliphatic heterocycles. The second kappa shape index (κ2) is 11.1. The maximum atomic E-state index is 11.4. The number of likely N-dealkylation sites (N-methyl/N-ethyl adjacent to an activating group) is 1. The predicted octanol–water partition coefficient (Wildman–Crippen LogP) is 3.11. The minimum absolute atomic E-state index is 0.0914. The molecule has 0 N–H and O–H groups in total. The Morgan fingerprint density at radius 1 is 1.00 bits per heavy atom. The zero-order valence-electron chi connectivity index (χ0n) is 18.2. The molecule has 3 rings (SSSR count). The largest absolute Gasteiger partial charge is 0.726 e. The van der Waals surface area contributed by atoms with Gasteiger partial charge in [-0.25, -0.2) is 8.42 Å². The zero-order valence-corrected chi connectivity index (χ0v) is 20.6. The van der Waals surface area contributed by atoms with Gasteiger partial charge in [0.1, 0.15) is 19.1 Å². The third kappa shape index (κ3) is 7.80. The second-order valence-corrected chi connectivity index (χ2v) is 10.6. The first-order chi connectivity index (χ1) is 14.9. The lowest BCUT2D eigenvalue weighted by atomic mass is 9.90. The topological polar surface area (TPSA) is 110 Å². The van der Waals surface area contributed by atoms with Crippen molar-refractivity contribution in [3.8, 4) is 0 Å². The fourth-order valence-electron chi connectivity index (χ4n) is 3.97. The Kier molecular flexibility index (Phi) is 9.24. The Labute approximate surface area is 195 Å². The van der Waals surface area contributed by atoms with E-state index in [0.29, 0.717) is 18.1 Å². The average molecular weight is 506 g/mol. The Bertz CT molecular complexity index is 1070. The summed E-state index contributed by atoms with van der Waals surface area (Å²) in [6.07, 6.45) is 0.855. The standard InChI is InChI=1S/C19H23ClNO3S.C2H6O4S/c1-3-21(13-18(14-21)24-25(2,22)23)19(15-7-5-4-6-8-15)16-9-11-17(20)12-10-16;1-2-6-7(3,4)5/h4-12,18-19H,3,13-14H2,1-2H3;2H2,1H3,(H,3,4,5)/q+1;/p-1. The molecule has 1 fully saturated rings. The predicted molar refractivity (Wildman–Crippen MR) is 121 cm³/mol. The summed E-state index contributed by atoms with van der Waals surface area (Å²) < 4.78 is 60.9. The SMILES string of the molecule is CCOS(=O)(=O)[O-].CC[N+]1(C(c2ccccc2)c2ccc(Cl)cc2)CC(OS(C)(=O)=O)C1. The van der Waals surface area contributed by atoms with Crippen LogP contribution in [0.5, 0.6) is 0 Å². The highest BCUT2D eigenvalue weighted by atomic mass is 35.5. The first kappa shape index (κ1) is 26.7. The summed E-state index contributed by atoms with van der Waals surface area (Å²) in [5, 5.41) is 0.709. The molecule has 0 amide bonds. The van der Waals surface area contributed by atoms with E-state index < -0.39 is 20.5 Å². The van der Waals surface area contributed by atoms with Crippen LogP contribution in [0.3, 0.4) is 0 Å². The Morgan fingerprint density at radius 3 is 1.94 bits per heavy atom. The first-order valence-corrected chi connectivity index (χ1v) is 13.6. The van der Waals surface area contributed by atoms with Gasteiger partial charge >= 0.3 is 0 Å². The Morgan fingerprint density at radius 2 is 1.53 bits per heavy atom. The van der Waals surface area contributed by atoms with Crippen LogP contribution >= 0.6 is 11.6 Å². The third-order valence-corrected chi connectivity index (χ3v) is 6.58. The molecule has 2 aromatic carbocycles. The van der Waals surface area contributed by atoms with Crippen LogP contribution in [-0.2, 0) is 28.9 Å². The highest BCUT2D eigenvalue weighted by Gasteiger charge is 2.51. The molecule has 2 aromatic rings. The van der Waals surface area contributed by atoms with Gasteiger partial charge in [-0.05, 0) is 26.0 Å². The number of hydrogen-bond donors (Lipinski definition) is 0. The number of rotatable bonds is 8. The fourth-order valence-corrected chi connectivity index (χ4v) is 5.00. The molecule has 11 heteroatoms. The number of hydrogen-bond acceptors (Lipinski definition) is 7. The molecule has 0 radical (unpaired) electrons. The molecular formula is C21H28ClNO7S2. The van der Waals surface area contributed by atoms with Gasteiger partial charge in [-0.15, -0.1) is 0 Å². The monoisotopic (exact) mass is 505 g/mol. The van der Waals surface area contributed by atoms with Crippen molar-refractivity contribution in [2.75, 3.05) is 32.5 Å². The molecule has 0 aliphatic carbocycles. The summed E-state index contributed by atoms with van der Waals surface area (Å²) in [7, 11) is -7.85. The van der Waals surface area contributed by atoms with Gasteiger partial charge in [-0.1, -0.05) is 54.1 Å². The molecule has 0 saturated carbocycles. The molecule has 0 aromatic heterocycles. The molecule has 1 saturated heterocycles. The summed E-state index contributed by atoms with van der Waals surface area (Å²) in [6.45, 7) is 5.72. The molecule has 1 heterocycles. The van der Waals surface area contributed by atoms with Gasteiger partial charge in [0.2, 0.25) is 10.4 Å². The van der Waals surface area contributed by atoms with Crippen LogP contribution < -0.4 is 0 Å². The minimum atomic E-state index is -4.42. The van der Waals surface area contributed by atoms with E-state index in [0.717, 1.165) is 17.3 Å². The van der Waals surface area contributed by atoms with Gasteiger partial charge in [0.25, 0.3) is 10.1 Å². The molecule has 32 heavy (non-hydrogen) atoms. The lowest BCUT2D eigenvalue weighted by Crippen LogP contribution is -2.68. The zero-order chi connectivity index (χ0) is 24.0. The number of likely N-dealkylation sites (tertiary alicyclic amines) is 1. The summed E-state index contributed by atoms with van der Waals surface area (Å²) in [5.41, 5.74) is 2.39. The van der Waals surface area contributed by atoms with Crippen molar-refractivity contribution < 1.29 is 34.2 Å². The second-order valence-electron chi connectivity index (χ2n) is 7.50. The molecule has 0 spiro atoms. The van der Waals surface area contributed by atoms with Crippen LogP contribution in [-0.4, -0.2) is 64.5 Å². The van der Waals surface area contributed by atoms with Crippen LogP contribution in [0.15, 0.2) is 54.6 Å². The van der Waals surface area contributed by atoms with Crippen molar-refractivity contribution in [2.45, 2.75) is 26.0 Å². The smallest absolute Gasteiger partial charge is 0.265 e. The summed E-state index contributed by atoms with van der Waals surface area (Å²) in [6, 6.07) is 18.4. The highest BCUT2D eigenvalue weighted by Crippen LogP contribution is 2.41. The molecule has 1 unspecified atom stereocenters. The van der Waals surface area contributed by atoms with E-state index in [1.54, 1.807) is 0 Å². The van der Waals surface area contributed by atoms with Crippen molar-refractivity contribution in [1.29, 1.82) is 0 Å². The van der Waals surface area contributed by atoms with E-state index >= 15 is 0 Å². The van der Waals surface area contributed by atoms with Gasteiger partial charge < -0.3 is 9.04 Å². The van der Waals surface area contributed by atoms with Gasteiger partial charge in [0.15, 0.2) is 6.10 Å². The van der Waals surface area contributed by atoms with E-state index in [1.165, 1.54) is 18.1 Å². The van der Waals surface area contributed by atoms with E-state index in [9.17, 15) is 21.4 Å².